The van der Waals surface area contributed by atoms with Crippen LogP contribution in [0.4, 0.5) is 0 Å². The van der Waals surface area contributed by atoms with Crippen LogP contribution in [-0.4, -0.2) is 25.3 Å². The summed E-state index contributed by atoms with van der Waals surface area (Å²) >= 11 is 0. The molecule has 0 amide bonds. The van der Waals surface area contributed by atoms with Gasteiger partial charge in [0.05, 0.1) is 6.61 Å². The molecule has 0 fully saturated rings. The van der Waals surface area contributed by atoms with Gasteiger partial charge in [-0.05, 0) is 11.1 Å². The summed E-state index contributed by atoms with van der Waals surface area (Å²) in [6, 6.07) is 19.8. The van der Waals surface area contributed by atoms with Crippen LogP contribution < -0.4 is 0 Å². The van der Waals surface area contributed by atoms with E-state index >= 15 is 0 Å². The lowest BCUT2D eigenvalue weighted by Crippen LogP contribution is -2.39. The molecule has 2 aromatic rings. The molecule has 1 heterocycles. The monoisotopic (exact) mass is 338 g/mol. The molecule has 0 aliphatic carbocycles. The molecule has 3 rings (SSSR count). The molecule has 3 atom stereocenters. The highest BCUT2D eigenvalue weighted by atomic mass is 16.6. The van der Waals surface area contributed by atoms with Crippen LogP contribution in [-0.2, 0) is 25.6 Å². The van der Waals surface area contributed by atoms with E-state index in [0.29, 0.717) is 13.0 Å². The van der Waals surface area contributed by atoms with Crippen molar-refractivity contribution in [2.75, 3.05) is 7.11 Å². The molecule has 0 aromatic heterocycles. The van der Waals surface area contributed by atoms with Crippen molar-refractivity contribution < 1.29 is 19.0 Å². The Labute approximate surface area is 148 Å². The second-order valence-electron chi connectivity index (χ2n) is 5.94. The molecule has 1 aliphatic heterocycles. The molecule has 2 aromatic carbocycles. The Morgan fingerprint density at radius 1 is 1.08 bits per heavy atom. The number of hydrogen-bond acceptors (Lipinski definition) is 4. The molecule has 0 saturated carbocycles. The van der Waals surface area contributed by atoms with E-state index in [1.54, 1.807) is 7.11 Å². The van der Waals surface area contributed by atoms with Crippen LogP contribution in [0.3, 0.4) is 0 Å². The second kappa shape index (κ2) is 8.60. The number of esters is 1. The predicted octanol–water partition coefficient (Wildman–Crippen LogP) is 3.83. The number of cyclic esters (lactones) is 1. The molecule has 0 unspecified atom stereocenters. The first-order valence-corrected chi connectivity index (χ1v) is 8.38. The molecule has 0 N–H and O–H groups in total. The Kier molecular flexibility index (Phi) is 5.99. The molecule has 0 spiro atoms. The number of carbonyl (C=O) groups is 1. The van der Waals surface area contributed by atoms with E-state index in [1.165, 1.54) is 6.08 Å². The SMILES string of the molecule is CO[C@H](c1ccccc1)[C@@H](OCc1ccccc1)[C@H]1CC=CC(=O)O1. The summed E-state index contributed by atoms with van der Waals surface area (Å²) in [6.45, 7) is 0.427. The topological polar surface area (TPSA) is 44.8 Å². The average molecular weight is 338 g/mol. The van der Waals surface area contributed by atoms with E-state index < -0.39 is 6.10 Å². The van der Waals surface area contributed by atoms with Gasteiger partial charge in [0.15, 0.2) is 0 Å². The summed E-state index contributed by atoms with van der Waals surface area (Å²) in [6.07, 6.45) is 2.78. The minimum atomic E-state index is -0.401. The summed E-state index contributed by atoms with van der Waals surface area (Å²) in [4.78, 5) is 11.7. The zero-order valence-electron chi connectivity index (χ0n) is 14.2. The lowest BCUT2D eigenvalue weighted by atomic mass is 9.97. The maximum absolute atomic E-state index is 11.7. The Morgan fingerprint density at radius 2 is 1.76 bits per heavy atom. The molecule has 1 aliphatic rings. The Balaban J connectivity index is 1.82. The van der Waals surface area contributed by atoms with Crippen LogP contribution in [0.2, 0.25) is 0 Å². The number of hydrogen-bond donors (Lipinski definition) is 0. The minimum Gasteiger partial charge on any atom is -0.456 e. The van der Waals surface area contributed by atoms with Crippen LogP contribution in [0, 0.1) is 0 Å². The molecule has 130 valence electrons. The number of ether oxygens (including phenoxy) is 3. The third-order valence-corrected chi connectivity index (χ3v) is 4.22. The van der Waals surface area contributed by atoms with Gasteiger partial charge in [0.2, 0.25) is 0 Å². The molecular formula is C21H22O4. The molecule has 25 heavy (non-hydrogen) atoms. The normalized spacial score (nSPS) is 19.2. The second-order valence-corrected chi connectivity index (χ2v) is 5.94. The van der Waals surface area contributed by atoms with Crippen molar-refractivity contribution >= 4 is 5.97 Å². The summed E-state index contributed by atoms with van der Waals surface area (Å²) < 4.78 is 17.4. The molecule has 0 bridgehead atoms. The van der Waals surface area contributed by atoms with Gasteiger partial charge < -0.3 is 14.2 Å². The fourth-order valence-electron chi connectivity index (χ4n) is 3.00. The van der Waals surface area contributed by atoms with Crippen molar-refractivity contribution in [3.63, 3.8) is 0 Å². The zero-order chi connectivity index (χ0) is 17.5. The molecule has 4 nitrogen and oxygen atoms in total. The van der Waals surface area contributed by atoms with Crippen LogP contribution in [0.5, 0.6) is 0 Å². The first kappa shape index (κ1) is 17.4. The predicted molar refractivity (Wildman–Crippen MR) is 94.8 cm³/mol. The fourth-order valence-corrected chi connectivity index (χ4v) is 3.00. The smallest absolute Gasteiger partial charge is 0.330 e. The van der Waals surface area contributed by atoms with E-state index in [0.717, 1.165) is 11.1 Å². The van der Waals surface area contributed by atoms with E-state index in [-0.39, 0.29) is 18.2 Å². The lowest BCUT2D eigenvalue weighted by Gasteiger charge is -2.33. The van der Waals surface area contributed by atoms with Gasteiger partial charge in [-0.3, -0.25) is 0 Å². The number of carbonyl (C=O) groups excluding carboxylic acids is 1. The minimum absolute atomic E-state index is 0.325. The maximum Gasteiger partial charge on any atom is 0.330 e. The summed E-state index contributed by atoms with van der Waals surface area (Å²) in [7, 11) is 1.65. The number of methoxy groups -OCH3 is 1. The summed E-state index contributed by atoms with van der Waals surface area (Å²) in [5, 5.41) is 0. The highest BCUT2D eigenvalue weighted by molar-refractivity contribution is 5.82. The summed E-state index contributed by atoms with van der Waals surface area (Å²) in [5.41, 5.74) is 2.06. The Hall–Kier alpha value is -2.43. The fraction of sp³-hybridized carbons (Fsp3) is 0.286. The molecule has 4 heteroatoms. The van der Waals surface area contributed by atoms with Crippen LogP contribution >= 0.6 is 0 Å². The van der Waals surface area contributed by atoms with Gasteiger partial charge in [-0.2, -0.15) is 0 Å². The third kappa shape index (κ3) is 4.56. The first-order valence-electron chi connectivity index (χ1n) is 8.38. The highest BCUT2D eigenvalue weighted by Gasteiger charge is 2.35. The molecule has 0 radical (unpaired) electrons. The van der Waals surface area contributed by atoms with Crippen LogP contribution in [0.1, 0.15) is 23.7 Å². The third-order valence-electron chi connectivity index (χ3n) is 4.22. The first-order chi connectivity index (χ1) is 12.3. The molecule has 0 saturated heterocycles. The van der Waals surface area contributed by atoms with E-state index in [4.69, 9.17) is 14.2 Å². The van der Waals surface area contributed by atoms with Gasteiger partial charge in [0.1, 0.15) is 18.3 Å². The van der Waals surface area contributed by atoms with Gasteiger partial charge in [0, 0.05) is 19.6 Å². The van der Waals surface area contributed by atoms with Crippen LogP contribution in [0.25, 0.3) is 0 Å². The van der Waals surface area contributed by atoms with E-state index in [9.17, 15) is 4.79 Å². The molecular weight excluding hydrogens is 316 g/mol. The van der Waals surface area contributed by atoms with Crippen molar-refractivity contribution in [3.05, 3.63) is 83.9 Å². The quantitative estimate of drug-likeness (QED) is 0.720. The van der Waals surface area contributed by atoms with E-state index in [1.807, 2.05) is 66.7 Å². The number of benzene rings is 2. The number of rotatable bonds is 7. The maximum atomic E-state index is 11.7. The Bertz CT molecular complexity index is 696. The van der Waals surface area contributed by atoms with Gasteiger partial charge in [-0.15, -0.1) is 0 Å². The van der Waals surface area contributed by atoms with Gasteiger partial charge >= 0.3 is 5.97 Å². The van der Waals surface area contributed by atoms with Crippen molar-refractivity contribution in [2.45, 2.75) is 31.3 Å². The zero-order valence-corrected chi connectivity index (χ0v) is 14.2. The van der Waals surface area contributed by atoms with Gasteiger partial charge in [0.25, 0.3) is 0 Å². The standard InChI is InChI=1S/C21H22O4/c1-23-20(17-11-6-3-7-12-17)21(18-13-8-14-19(22)25-18)24-15-16-9-4-2-5-10-16/h2-12,14,18,20-21H,13,15H2,1H3/t18-,20-,21+/m1/s1. The summed E-state index contributed by atoms with van der Waals surface area (Å²) in [5.74, 6) is -0.340. The van der Waals surface area contributed by atoms with Gasteiger partial charge in [-0.1, -0.05) is 66.7 Å². The lowest BCUT2D eigenvalue weighted by molar-refractivity contribution is -0.166. The van der Waals surface area contributed by atoms with Gasteiger partial charge in [-0.25, -0.2) is 4.79 Å². The van der Waals surface area contributed by atoms with Crippen molar-refractivity contribution in [1.82, 2.24) is 0 Å². The average Bonchev–Trinajstić information content (AvgIpc) is 2.66. The Morgan fingerprint density at radius 3 is 2.40 bits per heavy atom. The van der Waals surface area contributed by atoms with Crippen molar-refractivity contribution in [3.8, 4) is 0 Å². The van der Waals surface area contributed by atoms with Crippen molar-refractivity contribution in [1.29, 1.82) is 0 Å². The van der Waals surface area contributed by atoms with E-state index in [2.05, 4.69) is 0 Å². The van der Waals surface area contributed by atoms with Crippen molar-refractivity contribution in [2.24, 2.45) is 0 Å². The van der Waals surface area contributed by atoms with Crippen LogP contribution in [0.15, 0.2) is 72.8 Å². The largest absolute Gasteiger partial charge is 0.456 e. The highest BCUT2D eigenvalue weighted by Crippen LogP contribution is 2.30.